The Hall–Kier alpha value is -1.76. The van der Waals surface area contributed by atoms with E-state index in [0.29, 0.717) is 25.3 Å². The Morgan fingerprint density at radius 3 is 2.53 bits per heavy atom. The Labute approximate surface area is 184 Å². The number of likely N-dealkylation sites (tertiary alicyclic amines) is 1. The summed E-state index contributed by atoms with van der Waals surface area (Å²) < 4.78 is 18.5. The summed E-state index contributed by atoms with van der Waals surface area (Å²) >= 11 is 1.56. The van der Waals surface area contributed by atoms with Crippen molar-refractivity contribution in [2.45, 2.75) is 70.4 Å². The minimum absolute atomic E-state index is 0.0398. The average molecular weight is 439 g/mol. The average Bonchev–Trinajstić information content (AvgIpc) is 2.66. The zero-order chi connectivity index (χ0) is 22.3. The van der Waals surface area contributed by atoms with Gasteiger partial charge in [-0.3, -0.25) is 4.79 Å². The predicted molar refractivity (Wildman–Crippen MR) is 119 cm³/mol. The van der Waals surface area contributed by atoms with E-state index < -0.39 is 5.60 Å². The van der Waals surface area contributed by atoms with E-state index in [1.165, 1.54) is 12.1 Å². The first kappa shape index (κ1) is 24.5. The molecule has 0 saturated carbocycles. The summed E-state index contributed by atoms with van der Waals surface area (Å²) in [6.07, 6.45) is 2.10. The van der Waals surface area contributed by atoms with Gasteiger partial charge in [0.15, 0.2) is 0 Å². The first-order valence-electron chi connectivity index (χ1n) is 10.7. The zero-order valence-corrected chi connectivity index (χ0v) is 19.6. The molecule has 0 aliphatic carbocycles. The second-order valence-corrected chi connectivity index (χ2v) is 10.3. The number of piperidine rings is 1. The first-order chi connectivity index (χ1) is 14.0. The maximum absolute atomic E-state index is 13.0. The molecule has 0 spiro atoms. The van der Waals surface area contributed by atoms with Gasteiger partial charge in [0.1, 0.15) is 11.4 Å². The fourth-order valence-electron chi connectivity index (χ4n) is 3.48. The molecule has 7 heteroatoms. The van der Waals surface area contributed by atoms with Crippen molar-refractivity contribution >= 4 is 23.8 Å². The normalized spacial score (nSPS) is 17.2. The third-order valence-corrected chi connectivity index (χ3v) is 5.99. The quantitative estimate of drug-likeness (QED) is 0.550. The lowest BCUT2D eigenvalue weighted by Crippen LogP contribution is -2.48. The molecule has 1 heterocycles. The molecule has 0 aromatic heterocycles. The summed E-state index contributed by atoms with van der Waals surface area (Å²) in [4.78, 5) is 29.9. The van der Waals surface area contributed by atoms with Gasteiger partial charge >= 0.3 is 6.09 Å². The fraction of sp³-hybridized carbons (Fsp3) is 0.652. The van der Waals surface area contributed by atoms with E-state index >= 15 is 0 Å². The van der Waals surface area contributed by atoms with Crippen molar-refractivity contribution in [3.05, 3.63) is 30.1 Å². The van der Waals surface area contributed by atoms with Gasteiger partial charge in [0, 0.05) is 42.7 Å². The predicted octanol–water partition coefficient (Wildman–Crippen LogP) is 5.19. The molecule has 1 aromatic carbocycles. The van der Waals surface area contributed by atoms with Gasteiger partial charge in [0.25, 0.3) is 0 Å². The molecule has 0 N–H and O–H groups in total. The van der Waals surface area contributed by atoms with Crippen LogP contribution in [0.1, 0.15) is 53.9 Å². The Morgan fingerprint density at radius 2 is 1.93 bits per heavy atom. The molecule has 2 amide bonds. The van der Waals surface area contributed by atoms with Gasteiger partial charge in [0.05, 0.1) is 0 Å². The minimum Gasteiger partial charge on any atom is -0.444 e. The molecule has 1 aliphatic heterocycles. The highest BCUT2D eigenvalue weighted by atomic mass is 32.2. The van der Waals surface area contributed by atoms with Crippen molar-refractivity contribution in [2.24, 2.45) is 5.92 Å². The minimum atomic E-state index is -0.527. The summed E-state index contributed by atoms with van der Waals surface area (Å²) in [6.45, 7) is 11.6. The first-order valence-corrected chi connectivity index (χ1v) is 11.7. The number of halogens is 1. The van der Waals surface area contributed by atoms with E-state index in [4.69, 9.17) is 4.74 Å². The van der Waals surface area contributed by atoms with Gasteiger partial charge in [-0.1, -0.05) is 0 Å². The molecule has 5 nitrogen and oxygen atoms in total. The number of carbonyl (C=O) groups is 2. The van der Waals surface area contributed by atoms with Gasteiger partial charge in [-0.05, 0) is 77.6 Å². The highest BCUT2D eigenvalue weighted by Gasteiger charge is 2.30. The lowest BCUT2D eigenvalue weighted by atomic mass is 9.96. The molecule has 1 aliphatic rings. The SMILES string of the molecule is CC(C)N(CC1CCCN(C(=O)CCSc2ccc(F)cc2)C1)C(=O)OC(C)(C)C. The van der Waals surface area contributed by atoms with Crippen LogP contribution in [0.15, 0.2) is 29.2 Å². The largest absolute Gasteiger partial charge is 0.444 e. The standard InChI is InChI=1S/C23H35FN2O3S/c1-17(2)26(22(28)29-23(3,4)5)16-18-7-6-13-25(15-18)21(27)12-14-30-20-10-8-19(24)9-11-20/h8-11,17-18H,6-7,12-16H2,1-5H3. The molecule has 0 radical (unpaired) electrons. The van der Waals surface area contributed by atoms with E-state index in [9.17, 15) is 14.0 Å². The van der Waals surface area contributed by atoms with Crippen molar-refractivity contribution in [3.8, 4) is 0 Å². The number of rotatable bonds is 7. The van der Waals surface area contributed by atoms with Gasteiger partial charge in [0.2, 0.25) is 5.91 Å². The van der Waals surface area contributed by atoms with Crippen molar-refractivity contribution in [1.82, 2.24) is 9.80 Å². The van der Waals surface area contributed by atoms with Crippen LogP contribution in [0.2, 0.25) is 0 Å². The third kappa shape index (κ3) is 8.17. The number of amides is 2. The smallest absolute Gasteiger partial charge is 0.410 e. The third-order valence-electron chi connectivity index (χ3n) is 4.98. The van der Waals surface area contributed by atoms with Crippen LogP contribution in [0.4, 0.5) is 9.18 Å². The summed E-state index contributed by atoms with van der Waals surface area (Å²) in [5.74, 6) is 0.809. The number of ether oxygens (including phenoxy) is 1. The summed E-state index contributed by atoms with van der Waals surface area (Å²) in [7, 11) is 0. The molecule has 1 fully saturated rings. The number of hydrogen-bond acceptors (Lipinski definition) is 4. The summed E-state index contributed by atoms with van der Waals surface area (Å²) in [5.41, 5.74) is -0.527. The lowest BCUT2D eigenvalue weighted by molar-refractivity contribution is -0.132. The van der Waals surface area contributed by atoms with Gasteiger partial charge < -0.3 is 14.5 Å². The Kier molecular flexibility index (Phi) is 9.01. The van der Waals surface area contributed by atoms with Gasteiger partial charge in [-0.2, -0.15) is 0 Å². The maximum Gasteiger partial charge on any atom is 0.410 e. The number of benzene rings is 1. The van der Waals surface area contributed by atoms with Gasteiger partial charge in [-0.15, -0.1) is 11.8 Å². The number of nitrogens with zero attached hydrogens (tertiary/aromatic N) is 2. The van der Waals surface area contributed by atoms with Crippen LogP contribution in [0.5, 0.6) is 0 Å². The highest BCUT2D eigenvalue weighted by molar-refractivity contribution is 7.99. The Balaban J connectivity index is 1.84. The zero-order valence-electron chi connectivity index (χ0n) is 18.8. The maximum atomic E-state index is 13.0. The van der Waals surface area contributed by atoms with Crippen molar-refractivity contribution < 1.29 is 18.7 Å². The van der Waals surface area contributed by atoms with E-state index in [-0.39, 0.29) is 29.8 Å². The molecular formula is C23H35FN2O3S. The Bertz CT molecular complexity index is 703. The van der Waals surface area contributed by atoms with Crippen LogP contribution in [0, 0.1) is 11.7 Å². The monoisotopic (exact) mass is 438 g/mol. The van der Waals surface area contributed by atoms with Crippen LogP contribution >= 0.6 is 11.8 Å². The molecule has 1 saturated heterocycles. The van der Waals surface area contributed by atoms with Crippen LogP contribution in [0.25, 0.3) is 0 Å². The van der Waals surface area contributed by atoms with Crippen molar-refractivity contribution in [2.75, 3.05) is 25.4 Å². The summed E-state index contributed by atoms with van der Waals surface area (Å²) in [6, 6.07) is 6.38. The van der Waals surface area contributed by atoms with Crippen LogP contribution < -0.4 is 0 Å². The van der Waals surface area contributed by atoms with Crippen LogP contribution in [-0.4, -0.2) is 58.8 Å². The summed E-state index contributed by atoms with van der Waals surface area (Å²) in [5, 5.41) is 0. The van der Waals surface area contributed by atoms with Crippen molar-refractivity contribution in [1.29, 1.82) is 0 Å². The Morgan fingerprint density at radius 1 is 1.27 bits per heavy atom. The number of carbonyl (C=O) groups excluding carboxylic acids is 2. The second kappa shape index (κ2) is 11.0. The topological polar surface area (TPSA) is 49.9 Å². The van der Waals surface area contributed by atoms with Crippen LogP contribution in [-0.2, 0) is 9.53 Å². The number of thioether (sulfide) groups is 1. The van der Waals surface area contributed by atoms with E-state index in [1.807, 2.05) is 39.5 Å². The molecule has 2 rings (SSSR count). The molecule has 1 atom stereocenters. The van der Waals surface area contributed by atoms with E-state index in [0.717, 1.165) is 24.3 Å². The fourth-order valence-corrected chi connectivity index (χ4v) is 4.32. The molecule has 168 valence electrons. The number of hydrogen-bond donors (Lipinski definition) is 0. The highest BCUT2D eigenvalue weighted by Crippen LogP contribution is 2.23. The van der Waals surface area contributed by atoms with Crippen LogP contribution in [0.3, 0.4) is 0 Å². The lowest BCUT2D eigenvalue weighted by Gasteiger charge is -2.37. The molecule has 0 bridgehead atoms. The molecular weight excluding hydrogens is 403 g/mol. The molecule has 1 aromatic rings. The van der Waals surface area contributed by atoms with E-state index in [1.54, 1.807) is 28.8 Å². The molecule has 30 heavy (non-hydrogen) atoms. The molecule has 1 unspecified atom stereocenters. The second-order valence-electron chi connectivity index (χ2n) is 9.13. The van der Waals surface area contributed by atoms with Gasteiger partial charge in [-0.25, -0.2) is 9.18 Å². The van der Waals surface area contributed by atoms with Crippen molar-refractivity contribution in [3.63, 3.8) is 0 Å². The van der Waals surface area contributed by atoms with E-state index in [2.05, 4.69) is 0 Å².